The number of benzene rings is 1. The maximum Gasteiger partial charge on any atom is 0.451 e. The summed E-state index contributed by atoms with van der Waals surface area (Å²) < 4.78 is 0. The first-order valence-electron chi connectivity index (χ1n) is 6.36. The standard InChI is InChI=1S/C13H16BClO4/c15-10-3-4-11-9(7-10)6-8(12(11)13(16)17)2-1-5-14(18)19/h3-4,7-8,12,18-19H,1-2,5-6H2,(H,16,17). The monoisotopic (exact) mass is 282 g/mol. The van der Waals surface area contributed by atoms with Gasteiger partial charge in [0.15, 0.2) is 0 Å². The Bertz CT molecular complexity index is 478. The molecule has 6 heteroatoms. The smallest absolute Gasteiger partial charge is 0.451 e. The van der Waals surface area contributed by atoms with Crippen molar-refractivity contribution in [3.63, 3.8) is 0 Å². The molecule has 0 saturated heterocycles. The van der Waals surface area contributed by atoms with Crippen LogP contribution in [0, 0.1) is 5.92 Å². The first-order valence-corrected chi connectivity index (χ1v) is 6.74. The van der Waals surface area contributed by atoms with Gasteiger partial charge in [0, 0.05) is 5.02 Å². The number of carbonyl (C=O) groups is 1. The third-order valence-corrected chi connectivity index (χ3v) is 3.93. The van der Waals surface area contributed by atoms with Gasteiger partial charge in [-0.2, -0.15) is 0 Å². The van der Waals surface area contributed by atoms with Crippen LogP contribution >= 0.6 is 11.6 Å². The number of fused-ring (bicyclic) bond motifs is 1. The van der Waals surface area contributed by atoms with Crippen LogP contribution in [-0.2, 0) is 11.2 Å². The zero-order valence-corrected chi connectivity index (χ0v) is 11.2. The highest BCUT2D eigenvalue weighted by Gasteiger charge is 2.37. The van der Waals surface area contributed by atoms with Gasteiger partial charge >= 0.3 is 13.1 Å². The van der Waals surface area contributed by atoms with Gasteiger partial charge < -0.3 is 15.2 Å². The predicted molar refractivity (Wildman–Crippen MR) is 73.3 cm³/mol. The van der Waals surface area contributed by atoms with Crippen LogP contribution in [0.15, 0.2) is 18.2 Å². The van der Waals surface area contributed by atoms with Gasteiger partial charge in [0.05, 0.1) is 5.92 Å². The molecule has 0 radical (unpaired) electrons. The summed E-state index contributed by atoms with van der Waals surface area (Å²) in [6.07, 6.45) is 2.24. The molecule has 1 aliphatic rings. The maximum absolute atomic E-state index is 11.4. The molecule has 0 amide bonds. The van der Waals surface area contributed by atoms with E-state index in [1.54, 1.807) is 12.1 Å². The topological polar surface area (TPSA) is 77.8 Å². The highest BCUT2D eigenvalue weighted by Crippen LogP contribution is 2.41. The molecular weight excluding hydrogens is 266 g/mol. The van der Waals surface area contributed by atoms with E-state index in [1.165, 1.54) is 0 Å². The summed E-state index contributed by atoms with van der Waals surface area (Å²) in [4.78, 5) is 11.4. The van der Waals surface area contributed by atoms with Gasteiger partial charge in [0.2, 0.25) is 0 Å². The van der Waals surface area contributed by atoms with Gasteiger partial charge in [-0.25, -0.2) is 0 Å². The van der Waals surface area contributed by atoms with Crippen LogP contribution in [0.2, 0.25) is 11.3 Å². The lowest BCUT2D eigenvalue weighted by molar-refractivity contribution is -0.139. The van der Waals surface area contributed by atoms with Crippen molar-refractivity contribution in [2.24, 2.45) is 5.92 Å². The fourth-order valence-electron chi connectivity index (χ4n) is 2.87. The molecule has 0 spiro atoms. The molecule has 0 aliphatic heterocycles. The first kappa shape index (κ1) is 14.4. The van der Waals surface area contributed by atoms with E-state index >= 15 is 0 Å². The Morgan fingerprint density at radius 1 is 1.42 bits per heavy atom. The number of hydrogen-bond acceptors (Lipinski definition) is 3. The van der Waals surface area contributed by atoms with Crippen molar-refractivity contribution in [1.29, 1.82) is 0 Å². The summed E-state index contributed by atoms with van der Waals surface area (Å²) in [6, 6.07) is 5.33. The van der Waals surface area contributed by atoms with E-state index in [2.05, 4.69) is 0 Å². The highest BCUT2D eigenvalue weighted by molar-refractivity contribution is 6.40. The van der Waals surface area contributed by atoms with Gasteiger partial charge in [-0.05, 0) is 48.3 Å². The Kier molecular flexibility index (Phi) is 4.50. The molecule has 4 nitrogen and oxygen atoms in total. The van der Waals surface area contributed by atoms with E-state index in [1.807, 2.05) is 6.07 Å². The molecule has 0 aromatic heterocycles. The number of hydrogen-bond donors (Lipinski definition) is 3. The third-order valence-electron chi connectivity index (χ3n) is 3.70. The van der Waals surface area contributed by atoms with E-state index in [9.17, 15) is 9.90 Å². The second-order valence-electron chi connectivity index (χ2n) is 5.03. The van der Waals surface area contributed by atoms with Crippen LogP contribution in [0.5, 0.6) is 0 Å². The van der Waals surface area contributed by atoms with Crippen LogP contribution in [0.25, 0.3) is 0 Å². The first-order chi connectivity index (χ1) is 8.99. The molecule has 0 heterocycles. The molecule has 19 heavy (non-hydrogen) atoms. The number of rotatable bonds is 5. The molecule has 2 unspecified atom stereocenters. The van der Waals surface area contributed by atoms with Crippen molar-refractivity contribution < 1.29 is 19.9 Å². The normalized spacial score (nSPS) is 21.2. The fourth-order valence-corrected chi connectivity index (χ4v) is 3.07. The minimum Gasteiger partial charge on any atom is -0.481 e. The molecule has 1 aromatic carbocycles. The average molecular weight is 283 g/mol. The van der Waals surface area contributed by atoms with E-state index in [4.69, 9.17) is 21.6 Å². The number of aliphatic carboxylic acids is 1. The summed E-state index contributed by atoms with van der Waals surface area (Å²) in [6.45, 7) is 0. The van der Waals surface area contributed by atoms with Crippen molar-refractivity contribution in [2.45, 2.75) is 31.5 Å². The van der Waals surface area contributed by atoms with Crippen LogP contribution in [0.4, 0.5) is 0 Å². The zero-order valence-electron chi connectivity index (χ0n) is 10.4. The van der Waals surface area contributed by atoms with Crippen molar-refractivity contribution in [3.05, 3.63) is 34.3 Å². The van der Waals surface area contributed by atoms with Crippen molar-refractivity contribution in [2.75, 3.05) is 0 Å². The van der Waals surface area contributed by atoms with E-state index in [0.717, 1.165) is 11.1 Å². The van der Waals surface area contributed by atoms with Crippen LogP contribution < -0.4 is 0 Å². The maximum atomic E-state index is 11.4. The predicted octanol–water partition coefficient (Wildman–Crippen LogP) is 1.93. The van der Waals surface area contributed by atoms with E-state index in [0.29, 0.717) is 24.3 Å². The molecule has 2 atom stereocenters. The minimum absolute atomic E-state index is 0.00437. The van der Waals surface area contributed by atoms with E-state index in [-0.39, 0.29) is 12.2 Å². The molecule has 1 aromatic rings. The van der Waals surface area contributed by atoms with Crippen LogP contribution in [0.3, 0.4) is 0 Å². The largest absolute Gasteiger partial charge is 0.481 e. The molecule has 1 aliphatic carbocycles. The molecule has 102 valence electrons. The van der Waals surface area contributed by atoms with Crippen molar-refractivity contribution >= 4 is 24.7 Å². The second-order valence-corrected chi connectivity index (χ2v) is 5.47. The summed E-state index contributed by atoms with van der Waals surface area (Å²) in [5, 5.41) is 27.7. The minimum atomic E-state index is -1.32. The van der Waals surface area contributed by atoms with Gasteiger partial charge in [-0.15, -0.1) is 0 Å². The fraction of sp³-hybridized carbons (Fsp3) is 0.462. The van der Waals surface area contributed by atoms with Gasteiger partial charge in [-0.3, -0.25) is 4.79 Å². The molecule has 3 N–H and O–H groups in total. The summed E-state index contributed by atoms with van der Waals surface area (Å²) in [5.74, 6) is -1.33. The SMILES string of the molecule is O=C(O)C1c2ccc(Cl)cc2CC1CCCB(O)O. The molecule has 0 fully saturated rings. The molecule has 0 bridgehead atoms. The number of carboxylic acid groups (broad SMARTS) is 1. The van der Waals surface area contributed by atoms with Gasteiger partial charge in [-0.1, -0.05) is 24.1 Å². The summed E-state index contributed by atoms with van der Waals surface area (Å²) >= 11 is 5.93. The highest BCUT2D eigenvalue weighted by atomic mass is 35.5. The third kappa shape index (κ3) is 3.29. The zero-order chi connectivity index (χ0) is 14.0. The number of halogens is 1. The lowest BCUT2D eigenvalue weighted by Crippen LogP contribution is -2.18. The van der Waals surface area contributed by atoms with Crippen LogP contribution in [0.1, 0.15) is 29.9 Å². The Labute approximate surface area is 117 Å². The van der Waals surface area contributed by atoms with Gasteiger partial charge in [0.25, 0.3) is 0 Å². The quantitative estimate of drug-likeness (QED) is 0.721. The molecular formula is C13H16BClO4. The molecule has 0 saturated carbocycles. The molecule has 2 rings (SSSR count). The summed E-state index contributed by atoms with van der Waals surface area (Å²) in [5.41, 5.74) is 1.83. The Hall–Kier alpha value is -1.04. The number of carboxylic acids is 1. The van der Waals surface area contributed by atoms with Gasteiger partial charge in [0.1, 0.15) is 0 Å². The van der Waals surface area contributed by atoms with E-state index < -0.39 is 19.0 Å². The van der Waals surface area contributed by atoms with Crippen molar-refractivity contribution in [3.8, 4) is 0 Å². The second kappa shape index (κ2) is 5.95. The Morgan fingerprint density at radius 3 is 2.79 bits per heavy atom. The Morgan fingerprint density at radius 2 is 2.16 bits per heavy atom. The van der Waals surface area contributed by atoms with Crippen molar-refractivity contribution in [1.82, 2.24) is 0 Å². The van der Waals surface area contributed by atoms with Crippen LogP contribution in [-0.4, -0.2) is 28.2 Å². The lowest BCUT2D eigenvalue weighted by Gasteiger charge is -2.16. The lowest BCUT2D eigenvalue weighted by atomic mass is 9.80. The Balaban J connectivity index is 2.12. The average Bonchev–Trinajstić information content (AvgIpc) is 2.65. The summed E-state index contributed by atoms with van der Waals surface area (Å²) in [7, 11) is -1.32.